The first kappa shape index (κ1) is 26.0. The van der Waals surface area contributed by atoms with Gasteiger partial charge in [-0.2, -0.15) is 0 Å². The molecule has 2 heterocycles. The van der Waals surface area contributed by atoms with Crippen LogP contribution in [0.3, 0.4) is 0 Å². The molecule has 0 atom stereocenters. The van der Waals surface area contributed by atoms with Crippen LogP contribution in [0.1, 0.15) is 0 Å². The molecule has 0 aliphatic carbocycles. The number of para-hydroxylation sites is 1. The molecule has 0 aliphatic rings. The highest BCUT2D eigenvalue weighted by Crippen LogP contribution is 2.41. The highest BCUT2D eigenvalue weighted by atomic mass is 15.0. The number of nitrogens with zero attached hydrogens (tertiary/aromatic N) is 3. The Morgan fingerprint density at radius 3 is 1.74 bits per heavy atom. The Bertz CT molecular complexity index is 2830. The highest BCUT2D eigenvalue weighted by Gasteiger charge is 2.18. The first-order chi connectivity index (χ1) is 23.3. The predicted molar refractivity (Wildman–Crippen MR) is 197 cm³/mol. The summed E-state index contributed by atoms with van der Waals surface area (Å²) in [5.41, 5.74) is 9.05. The quantitative estimate of drug-likeness (QED) is 0.190. The summed E-state index contributed by atoms with van der Waals surface area (Å²) in [6, 6.07) is 58.3. The molecule has 0 fully saturated rings. The van der Waals surface area contributed by atoms with Crippen molar-refractivity contribution in [1.29, 1.82) is 0 Å². The molecular weight excluding hydrogens is 571 g/mol. The van der Waals surface area contributed by atoms with Crippen LogP contribution < -0.4 is 0 Å². The number of hydrogen-bond acceptors (Lipinski definition) is 2. The van der Waals surface area contributed by atoms with Crippen LogP contribution >= 0.6 is 0 Å². The van der Waals surface area contributed by atoms with E-state index in [2.05, 4.69) is 156 Å². The second-order valence-corrected chi connectivity index (χ2v) is 12.2. The molecule has 0 saturated carbocycles. The second kappa shape index (κ2) is 10.1. The fourth-order valence-electron chi connectivity index (χ4n) is 7.42. The van der Waals surface area contributed by atoms with Gasteiger partial charge in [0.15, 0.2) is 0 Å². The Hall–Kier alpha value is -6.32. The van der Waals surface area contributed by atoms with Crippen LogP contribution in [0.2, 0.25) is 0 Å². The summed E-state index contributed by atoms with van der Waals surface area (Å²) in [5.74, 6) is 0. The van der Waals surface area contributed by atoms with Gasteiger partial charge in [0.05, 0.1) is 33.5 Å². The number of benzene rings is 8. The zero-order valence-corrected chi connectivity index (χ0v) is 25.4. The average molecular weight is 598 g/mol. The van der Waals surface area contributed by atoms with Gasteiger partial charge in [0, 0.05) is 33.0 Å². The van der Waals surface area contributed by atoms with Gasteiger partial charge in [-0.15, -0.1) is 0 Å². The molecule has 0 saturated heterocycles. The van der Waals surface area contributed by atoms with Crippen molar-refractivity contribution in [3.63, 3.8) is 0 Å². The molecule has 0 aliphatic heterocycles. The largest absolute Gasteiger partial charge is 0.309 e. The first-order valence-corrected chi connectivity index (χ1v) is 16.0. The average Bonchev–Trinajstić information content (AvgIpc) is 3.49. The number of hydrogen-bond donors (Lipinski definition) is 0. The third kappa shape index (κ3) is 3.93. The lowest BCUT2D eigenvalue weighted by molar-refractivity contribution is 1.18. The maximum atomic E-state index is 5.31. The van der Waals surface area contributed by atoms with Crippen molar-refractivity contribution < 1.29 is 0 Å². The molecule has 218 valence electrons. The summed E-state index contributed by atoms with van der Waals surface area (Å²) in [4.78, 5) is 10.5. The summed E-state index contributed by atoms with van der Waals surface area (Å²) >= 11 is 0. The lowest BCUT2D eigenvalue weighted by Gasteiger charge is -2.14. The van der Waals surface area contributed by atoms with E-state index in [0.29, 0.717) is 0 Å². The molecule has 10 aromatic rings. The molecule has 3 nitrogen and oxygen atoms in total. The molecule has 0 unspecified atom stereocenters. The van der Waals surface area contributed by atoms with Crippen molar-refractivity contribution in [2.45, 2.75) is 0 Å². The van der Waals surface area contributed by atoms with Crippen molar-refractivity contribution in [3.05, 3.63) is 164 Å². The van der Waals surface area contributed by atoms with Crippen molar-refractivity contribution in [1.82, 2.24) is 14.5 Å². The number of aromatic nitrogens is 3. The number of rotatable bonds is 3. The summed E-state index contributed by atoms with van der Waals surface area (Å²) in [6.45, 7) is 0. The van der Waals surface area contributed by atoms with E-state index in [1.807, 2.05) is 12.1 Å². The molecule has 0 bridgehead atoms. The molecule has 8 aromatic carbocycles. The smallest absolute Gasteiger partial charge is 0.0973 e. The molecule has 0 radical (unpaired) electrons. The molecule has 2 aromatic heterocycles. The van der Waals surface area contributed by atoms with Gasteiger partial charge in [0.2, 0.25) is 0 Å². The summed E-state index contributed by atoms with van der Waals surface area (Å²) < 4.78 is 2.42. The maximum absolute atomic E-state index is 5.31. The fraction of sp³-hybridized carbons (Fsp3) is 0. The fourth-order valence-corrected chi connectivity index (χ4v) is 7.42. The van der Waals surface area contributed by atoms with E-state index >= 15 is 0 Å². The molecule has 0 N–H and O–H groups in total. The third-order valence-electron chi connectivity index (χ3n) is 9.54. The molecule has 10 rings (SSSR count). The van der Waals surface area contributed by atoms with Crippen LogP contribution in [-0.2, 0) is 0 Å². The van der Waals surface area contributed by atoms with Crippen LogP contribution in [0.4, 0.5) is 0 Å². The standard InChI is InChI=1S/C44H27N3/c1-3-12-30(13-4-1)42-43(31-14-5-2-6-15-31)46-39-27-32(22-26-38(39)45-42)47-40-18-10-9-17-34(40)36-25-24-35-37(44(36)47)23-21-29-20-19-28-11-7-8-16-33(28)41(29)35/h1-27H. The Kier molecular flexibility index (Phi) is 5.57. The summed E-state index contributed by atoms with van der Waals surface area (Å²) in [7, 11) is 0. The molecular formula is C44H27N3. The summed E-state index contributed by atoms with van der Waals surface area (Å²) in [5, 5.41) is 10.0. The normalized spacial score (nSPS) is 11.8. The monoisotopic (exact) mass is 597 g/mol. The van der Waals surface area contributed by atoms with Crippen LogP contribution in [0.5, 0.6) is 0 Å². The van der Waals surface area contributed by atoms with Crippen molar-refractivity contribution >= 4 is 65.2 Å². The van der Waals surface area contributed by atoms with Gasteiger partial charge in [-0.05, 0) is 51.2 Å². The molecule has 0 spiro atoms. The van der Waals surface area contributed by atoms with E-state index < -0.39 is 0 Å². The zero-order chi connectivity index (χ0) is 30.9. The third-order valence-corrected chi connectivity index (χ3v) is 9.54. The van der Waals surface area contributed by atoms with E-state index in [0.717, 1.165) is 39.2 Å². The Morgan fingerprint density at radius 1 is 0.383 bits per heavy atom. The van der Waals surface area contributed by atoms with Gasteiger partial charge in [0.1, 0.15) is 0 Å². The Morgan fingerprint density at radius 2 is 0.957 bits per heavy atom. The number of fused-ring (bicyclic) bond motifs is 10. The molecule has 47 heavy (non-hydrogen) atoms. The van der Waals surface area contributed by atoms with Gasteiger partial charge < -0.3 is 4.57 Å². The summed E-state index contributed by atoms with van der Waals surface area (Å²) in [6.07, 6.45) is 0. The van der Waals surface area contributed by atoms with E-state index in [1.165, 1.54) is 54.1 Å². The zero-order valence-electron chi connectivity index (χ0n) is 25.4. The Labute approximate surface area is 271 Å². The van der Waals surface area contributed by atoms with Gasteiger partial charge >= 0.3 is 0 Å². The van der Waals surface area contributed by atoms with Crippen LogP contribution in [0, 0.1) is 0 Å². The SMILES string of the molecule is c1ccc(-c2nc3ccc(-n4c5ccccc5c5ccc6c(ccc7ccc8ccccc8c76)c54)cc3nc2-c2ccccc2)cc1. The topological polar surface area (TPSA) is 30.7 Å². The van der Waals surface area contributed by atoms with Gasteiger partial charge in [-0.1, -0.05) is 140 Å². The lowest BCUT2D eigenvalue weighted by atomic mass is 9.95. The van der Waals surface area contributed by atoms with Gasteiger partial charge in [-0.25, -0.2) is 9.97 Å². The van der Waals surface area contributed by atoms with E-state index in [1.54, 1.807) is 0 Å². The van der Waals surface area contributed by atoms with Crippen LogP contribution in [0.25, 0.3) is 93.4 Å². The highest BCUT2D eigenvalue weighted by molar-refractivity contribution is 6.27. The van der Waals surface area contributed by atoms with Crippen molar-refractivity contribution in [3.8, 4) is 28.2 Å². The minimum atomic E-state index is 0.864. The minimum absolute atomic E-state index is 0.864. The van der Waals surface area contributed by atoms with Gasteiger partial charge in [0.25, 0.3) is 0 Å². The van der Waals surface area contributed by atoms with Crippen LogP contribution in [-0.4, -0.2) is 14.5 Å². The van der Waals surface area contributed by atoms with E-state index in [4.69, 9.17) is 9.97 Å². The van der Waals surface area contributed by atoms with Gasteiger partial charge in [-0.3, -0.25) is 0 Å². The first-order valence-electron chi connectivity index (χ1n) is 16.0. The van der Waals surface area contributed by atoms with Crippen molar-refractivity contribution in [2.75, 3.05) is 0 Å². The van der Waals surface area contributed by atoms with Crippen LogP contribution in [0.15, 0.2) is 164 Å². The van der Waals surface area contributed by atoms with E-state index in [9.17, 15) is 0 Å². The lowest BCUT2D eigenvalue weighted by Crippen LogP contribution is -1.98. The van der Waals surface area contributed by atoms with E-state index in [-0.39, 0.29) is 0 Å². The van der Waals surface area contributed by atoms with Crippen molar-refractivity contribution in [2.24, 2.45) is 0 Å². The second-order valence-electron chi connectivity index (χ2n) is 12.2. The molecule has 0 amide bonds. The Balaban J connectivity index is 1.29. The minimum Gasteiger partial charge on any atom is -0.309 e. The maximum Gasteiger partial charge on any atom is 0.0973 e. The predicted octanol–water partition coefficient (Wildman–Crippen LogP) is 11.5. The molecule has 3 heteroatoms.